The summed E-state index contributed by atoms with van der Waals surface area (Å²) in [5.41, 5.74) is 2.69. The van der Waals surface area contributed by atoms with Gasteiger partial charge in [0.25, 0.3) is 0 Å². The molecule has 2 fully saturated rings. The van der Waals surface area contributed by atoms with E-state index in [1.807, 2.05) is 0 Å². The van der Waals surface area contributed by atoms with Gasteiger partial charge in [-0.05, 0) is 44.2 Å². The molecule has 124 valence electrons. The molecule has 1 unspecified atom stereocenters. The van der Waals surface area contributed by atoms with Crippen LogP contribution in [0, 0.1) is 5.92 Å². The van der Waals surface area contributed by atoms with E-state index in [0.29, 0.717) is 11.8 Å². The number of carbonyl (C=O) groups excluding carboxylic acids is 1. The number of hydrogen-bond donors (Lipinski definition) is 0. The molecule has 2 saturated heterocycles. The molecule has 0 spiro atoms. The van der Waals surface area contributed by atoms with Gasteiger partial charge >= 0.3 is 0 Å². The lowest BCUT2D eigenvalue weighted by Crippen LogP contribution is -2.41. The van der Waals surface area contributed by atoms with Crippen LogP contribution in [0.25, 0.3) is 6.08 Å². The van der Waals surface area contributed by atoms with Crippen LogP contribution in [-0.4, -0.2) is 48.4 Å². The molecule has 1 amide bonds. The minimum Gasteiger partial charge on any atom is -0.342 e. The van der Waals surface area contributed by atoms with Crippen molar-refractivity contribution >= 4 is 12.0 Å². The number of hydrogen-bond acceptors (Lipinski definition) is 2. The Balaban J connectivity index is 1.52. The van der Waals surface area contributed by atoms with E-state index in [9.17, 15) is 4.79 Å². The van der Waals surface area contributed by atoms with Gasteiger partial charge in [0.1, 0.15) is 0 Å². The molecule has 23 heavy (non-hydrogen) atoms. The summed E-state index contributed by atoms with van der Waals surface area (Å²) in [6.45, 7) is 7.52. The van der Waals surface area contributed by atoms with E-state index in [4.69, 9.17) is 0 Å². The maximum atomic E-state index is 11.8. The molecule has 2 aliphatic heterocycles. The van der Waals surface area contributed by atoms with Gasteiger partial charge in [-0.2, -0.15) is 0 Å². The average Bonchev–Trinajstić information content (AvgIpc) is 2.93. The van der Waals surface area contributed by atoms with Crippen molar-refractivity contribution < 1.29 is 4.79 Å². The van der Waals surface area contributed by atoms with Gasteiger partial charge in [0.15, 0.2) is 0 Å². The van der Waals surface area contributed by atoms with Crippen molar-refractivity contribution in [1.29, 1.82) is 0 Å². The SMILES string of the molecule is CC(=Cc1ccccc1)CN1CCCC(CN2CCCC2=O)C1. The van der Waals surface area contributed by atoms with Gasteiger partial charge in [-0.25, -0.2) is 0 Å². The number of piperidine rings is 1. The summed E-state index contributed by atoms with van der Waals surface area (Å²) in [4.78, 5) is 16.5. The fourth-order valence-corrected chi connectivity index (χ4v) is 3.88. The number of carbonyl (C=O) groups is 1. The summed E-state index contributed by atoms with van der Waals surface area (Å²) < 4.78 is 0. The summed E-state index contributed by atoms with van der Waals surface area (Å²) in [5, 5.41) is 0. The topological polar surface area (TPSA) is 23.6 Å². The molecule has 3 heteroatoms. The number of benzene rings is 1. The van der Waals surface area contributed by atoms with Crippen LogP contribution >= 0.6 is 0 Å². The lowest BCUT2D eigenvalue weighted by atomic mass is 9.97. The Morgan fingerprint density at radius 2 is 2.04 bits per heavy atom. The quantitative estimate of drug-likeness (QED) is 0.831. The van der Waals surface area contributed by atoms with Crippen molar-refractivity contribution in [3.05, 3.63) is 41.5 Å². The van der Waals surface area contributed by atoms with Crippen LogP contribution in [0.4, 0.5) is 0 Å². The highest BCUT2D eigenvalue weighted by Crippen LogP contribution is 2.21. The highest BCUT2D eigenvalue weighted by atomic mass is 16.2. The van der Waals surface area contributed by atoms with Crippen LogP contribution in [0.1, 0.15) is 38.2 Å². The maximum Gasteiger partial charge on any atom is 0.222 e. The summed E-state index contributed by atoms with van der Waals surface area (Å²) >= 11 is 0. The predicted molar refractivity (Wildman–Crippen MR) is 95.1 cm³/mol. The number of rotatable bonds is 5. The van der Waals surface area contributed by atoms with Gasteiger partial charge < -0.3 is 4.90 Å². The van der Waals surface area contributed by atoms with E-state index in [1.54, 1.807) is 0 Å². The second-order valence-electron chi connectivity index (χ2n) is 7.09. The van der Waals surface area contributed by atoms with Crippen LogP contribution in [0.3, 0.4) is 0 Å². The lowest BCUT2D eigenvalue weighted by Gasteiger charge is -2.34. The zero-order valence-electron chi connectivity index (χ0n) is 14.2. The van der Waals surface area contributed by atoms with E-state index < -0.39 is 0 Å². The minimum absolute atomic E-state index is 0.363. The molecule has 0 aliphatic carbocycles. The van der Waals surface area contributed by atoms with Crippen molar-refractivity contribution in [3.8, 4) is 0 Å². The minimum atomic E-state index is 0.363. The number of amides is 1. The first-order valence-electron chi connectivity index (χ1n) is 8.93. The van der Waals surface area contributed by atoms with Crippen LogP contribution in [0.5, 0.6) is 0 Å². The second kappa shape index (κ2) is 7.78. The Morgan fingerprint density at radius 1 is 1.22 bits per heavy atom. The Hall–Kier alpha value is -1.61. The van der Waals surface area contributed by atoms with Crippen LogP contribution in [0.15, 0.2) is 35.9 Å². The Morgan fingerprint density at radius 3 is 2.78 bits per heavy atom. The van der Waals surface area contributed by atoms with Gasteiger partial charge in [0, 0.05) is 32.6 Å². The molecule has 0 N–H and O–H groups in total. The van der Waals surface area contributed by atoms with Crippen molar-refractivity contribution in [2.24, 2.45) is 5.92 Å². The van der Waals surface area contributed by atoms with E-state index in [1.165, 1.54) is 30.5 Å². The molecule has 0 radical (unpaired) electrons. The lowest BCUT2D eigenvalue weighted by molar-refractivity contribution is -0.128. The van der Waals surface area contributed by atoms with E-state index >= 15 is 0 Å². The zero-order chi connectivity index (χ0) is 16.1. The van der Waals surface area contributed by atoms with Gasteiger partial charge in [-0.1, -0.05) is 42.0 Å². The third-order valence-corrected chi connectivity index (χ3v) is 4.94. The molecule has 1 aromatic carbocycles. The van der Waals surface area contributed by atoms with E-state index in [0.717, 1.165) is 39.0 Å². The monoisotopic (exact) mass is 312 g/mol. The van der Waals surface area contributed by atoms with Crippen molar-refractivity contribution in [1.82, 2.24) is 9.80 Å². The third-order valence-electron chi connectivity index (χ3n) is 4.94. The predicted octanol–water partition coefficient (Wildman–Crippen LogP) is 3.42. The van der Waals surface area contributed by atoms with Crippen molar-refractivity contribution in [2.75, 3.05) is 32.7 Å². The molecule has 0 bridgehead atoms. The van der Waals surface area contributed by atoms with Crippen molar-refractivity contribution in [2.45, 2.75) is 32.6 Å². The summed E-state index contributed by atoms with van der Waals surface area (Å²) in [5.74, 6) is 1.01. The average molecular weight is 312 g/mol. The van der Waals surface area contributed by atoms with E-state index in [-0.39, 0.29) is 0 Å². The van der Waals surface area contributed by atoms with Crippen molar-refractivity contribution in [3.63, 3.8) is 0 Å². The first-order chi connectivity index (χ1) is 11.2. The molecule has 2 aliphatic rings. The second-order valence-corrected chi connectivity index (χ2v) is 7.09. The largest absolute Gasteiger partial charge is 0.342 e. The molecular weight excluding hydrogens is 284 g/mol. The fourth-order valence-electron chi connectivity index (χ4n) is 3.88. The third kappa shape index (κ3) is 4.68. The van der Waals surface area contributed by atoms with E-state index in [2.05, 4.69) is 53.1 Å². The Kier molecular flexibility index (Phi) is 5.50. The standard InChI is InChI=1S/C20H28N2O/c1-17(13-18-7-3-2-4-8-18)14-21-11-5-9-19(15-21)16-22-12-6-10-20(22)23/h2-4,7-8,13,19H,5-6,9-12,14-16H2,1H3. The zero-order valence-corrected chi connectivity index (χ0v) is 14.2. The first-order valence-corrected chi connectivity index (χ1v) is 8.93. The number of nitrogens with zero attached hydrogens (tertiary/aromatic N) is 2. The normalized spacial score (nSPS) is 23.5. The first kappa shape index (κ1) is 16.3. The molecule has 3 nitrogen and oxygen atoms in total. The molecule has 0 saturated carbocycles. The van der Waals surface area contributed by atoms with Crippen LogP contribution in [0.2, 0.25) is 0 Å². The molecule has 1 aromatic rings. The van der Waals surface area contributed by atoms with Gasteiger partial charge in [0.2, 0.25) is 5.91 Å². The molecule has 1 atom stereocenters. The summed E-state index contributed by atoms with van der Waals surface area (Å²) in [6, 6.07) is 10.5. The van der Waals surface area contributed by atoms with Gasteiger partial charge in [-0.15, -0.1) is 0 Å². The number of likely N-dealkylation sites (tertiary alicyclic amines) is 2. The summed E-state index contributed by atoms with van der Waals surface area (Å²) in [6.07, 6.45) is 6.62. The molecular formula is C20H28N2O. The highest BCUT2D eigenvalue weighted by molar-refractivity contribution is 5.78. The Bertz CT molecular complexity index is 552. The van der Waals surface area contributed by atoms with Crippen LogP contribution < -0.4 is 0 Å². The van der Waals surface area contributed by atoms with Crippen LogP contribution in [-0.2, 0) is 4.79 Å². The highest BCUT2D eigenvalue weighted by Gasteiger charge is 2.26. The smallest absolute Gasteiger partial charge is 0.222 e. The summed E-state index contributed by atoms with van der Waals surface area (Å²) in [7, 11) is 0. The maximum absolute atomic E-state index is 11.8. The van der Waals surface area contributed by atoms with Gasteiger partial charge in [0.05, 0.1) is 0 Å². The van der Waals surface area contributed by atoms with Gasteiger partial charge in [-0.3, -0.25) is 9.69 Å². The molecule has 3 rings (SSSR count). The Labute approximate surface area is 140 Å². The fraction of sp³-hybridized carbons (Fsp3) is 0.550. The molecule has 0 aromatic heterocycles. The molecule has 2 heterocycles.